The third-order valence-corrected chi connectivity index (χ3v) is 7.80. The fraction of sp³-hybridized carbons (Fsp3) is 0.0909. The Kier molecular flexibility index (Phi) is 16.3. The molecule has 0 fully saturated rings. The van der Waals surface area contributed by atoms with Crippen LogP contribution in [-0.4, -0.2) is 45.1 Å². The number of anilines is 4. The summed E-state index contributed by atoms with van der Waals surface area (Å²) in [6.45, 7) is 1.94. The van der Waals surface area contributed by atoms with Crippen LogP contribution in [0.15, 0.2) is 158 Å². The summed E-state index contributed by atoms with van der Waals surface area (Å²) in [5.74, 6) is 2.71. The third-order valence-electron chi connectivity index (χ3n) is 7.80. The smallest absolute Gasteiger partial charge is 0.793 e. The Labute approximate surface area is 350 Å². The molecule has 11 heteroatoms. The van der Waals surface area contributed by atoms with Crippen molar-refractivity contribution in [1.29, 1.82) is 0 Å². The first-order valence-electron chi connectivity index (χ1n) is 17.7. The van der Waals surface area contributed by atoms with Crippen LogP contribution in [0.4, 0.5) is 27.7 Å². The van der Waals surface area contributed by atoms with E-state index >= 15 is 0 Å². The van der Waals surface area contributed by atoms with Gasteiger partial charge in [0.1, 0.15) is 22.5 Å². The minimum absolute atomic E-state index is 0. The quantitative estimate of drug-likeness (QED) is 0.110. The van der Waals surface area contributed by atoms with E-state index in [4.69, 9.17) is 6.11 Å². The standard InChI is InChI=1S/C21H17N3O.C20H15N3O.C2H6S.CH3F.Na/c1-25-19-13-16(15-8-4-2-5-9-15)12-17-14-22-21(24-20(17)19)23-18-10-6-3-7-11-18;24-18-12-15(14-7-3-1-4-8-14)11-16-13-21-20(23-19(16)18)22-17-9-5-2-6-10-17;1-2-3;1-2;/h2-14H,1H3,(H,22,23,24);1-13,24H,(H,21,22,23);3H,2H2,1H3;1H3;/q;;;;+1/p-1/i;;;1D;. The minimum Gasteiger partial charge on any atom is -0.793 e. The van der Waals surface area contributed by atoms with Crippen molar-refractivity contribution in [2.24, 2.45) is 0 Å². The second-order valence-electron chi connectivity index (χ2n) is 11.4. The summed E-state index contributed by atoms with van der Waals surface area (Å²) < 4.78 is 21.1. The van der Waals surface area contributed by atoms with E-state index in [0.717, 1.165) is 61.4 Å². The number of halogens is 1. The number of benzene rings is 6. The van der Waals surface area contributed by atoms with Gasteiger partial charge in [-0.05, 0) is 70.8 Å². The normalized spacial score (nSPS) is 10.1. The molecule has 0 bridgehead atoms. The van der Waals surface area contributed by atoms with Gasteiger partial charge in [0, 0.05) is 34.5 Å². The zero-order valence-corrected chi connectivity index (χ0v) is 33.7. The third kappa shape index (κ3) is 11.7. The summed E-state index contributed by atoms with van der Waals surface area (Å²) >= 11 is 4.39. The Morgan fingerprint density at radius 1 is 0.636 bits per heavy atom. The van der Waals surface area contributed by atoms with Crippen LogP contribution in [0.1, 0.15) is 8.29 Å². The number of hydrogen-bond donors (Lipinski definition) is 3. The minimum atomic E-state index is -1.00. The number of aromatic hydroxyl groups is 1. The fourth-order valence-corrected chi connectivity index (χ4v) is 5.41. The first-order chi connectivity index (χ1) is 27.0. The Morgan fingerprint density at radius 2 is 1.02 bits per heavy atom. The Balaban J connectivity index is 0.000000215. The summed E-state index contributed by atoms with van der Waals surface area (Å²) in [5.41, 5.74) is 7.36. The van der Waals surface area contributed by atoms with E-state index in [9.17, 15) is 9.50 Å². The van der Waals surface area contributed by atoms with Gasteiger partial charge in [-0.15, -0.1) is 0 Å². The second-order valence-corrected chi connectivity index (χ2v) is 12.0. The predicted molar refractivity (Wildman–Crippen MR) is 223 cm³/mol. The molecule has 0 aliphatic heterocycles. The van der Waals surface area contributed by atoms with Gasteiger partial charge in [-0.2, -0.15) is 5.75 Å². The van der Waals surface area contributed by atoms with Crippen LogP contribution in [-0.2, 0) is 12.6 Å². The van der Waals surface area contributed by atoms with Gasteiger partial charge < -0.3 is 33.1 Å². The number of nitrogens with zero attached hydrogens (tertiary/aromatic N) is 4. The van der Waals surface area contributed by atoms with E-state index in [1.54, 1.807) is 19.4 Å². The van der Waals surface area contributed by atoms with E-state index in [2.05, 4.69) is 61.4 Å². The van der Waals surface area contributed by atoms with Crippen LogP contribution >= 0.6 is 0 Å². The Hall–Kier alpha value is -5.52. The number of para-hydroxylation sites is 2. The van der Waals surface area contributed by atoms with Gasteiger partial charge in [-0.3, -0.25) is 4.39 Å². The molecule has 2 heterocycles. The fourth-order valence-electron chi connectivity index (χ4n) is 5.41. The zero-order chi connectivity index (χ0) is 38.8. The molecule has 0 unspecified atom stereocenters. The second kappa shape index (κ2) is 22.0. The molecule has 0 amide bonds. The number of nitrogens with one attached hydrogen (secondary N) is 2. The molecule has 55 heavy (non-hydrogen) atoms. The number of phenols is 1. The van der Waals surface area contributed by atoms with E-state index in [1.807, 2.05) is 134 Å². The average molecular weight is 760 g/mol. The maximum absolute atomic E-state index is 10.4. The zero-order valence-electron chi connectivity index (χ0n) is 31.9. The van der Waals surface area contributed by atoms with Crippen molar-refractivity contribution in [2.75, 3.05) is 30.6 Å². The number of aromatic nitrogens is 4. The Bertz CT molecular complexity index is 2380. The van der Waals surface area contributed by atoms with Gasteiger partial charge in [0.15, 0.2) is 0 Å². The van der Waals surface area contributed by atoms with Gasteiger partial charge in [0.25, 0.3) is 0 Å². The molecule has 0 saturated carbocycles. The first kappa shape index (κ1) is 40.7. The molecule has 0 aliphatic rings. The van der Waals surface area contributed by atoms with E-state index in [-0.39, 0.29) is 35.3 Å². The molecular weight excluding hydrogens is 719 g/mol. The van der Waals surface area contributed by atoms with Crippen molar-refractivity contribution in [2.45, 2.75) is 6.92 Å². The van der Waals surface area contributed by atoms with Crippen molar-refractivity contribution >= 4 is 57.7 Å². The topological polar surface area (TPSA) is 105 Å². The number of fused-ring (bicyclic) bond motifs is 2. The molecule has 8 nitrogen and oxygen atoms in total. The molecule has 8 aromatic rings. The maximum atomic E-state index is 10.4. The maximum Gasteiger partial charge on any atom is 1.00 e. The van der Waals surface area contributed by atoms with Crippen molar-refractivity contribution in [1.82, 2.24) is 19.9 Å². The molecule has 272 valence electrons. The Morgan fingerprint density at radius 3 is 1.45 bits per heavy atom. The van der Waals surface area contributed by atoms with Crippen LogP contribution in [0.25, 0.3) is 44.1 Å². The van der Waals surface area contributed by atoms with Crippen molar-refractivity contribution in [3.63, 3.8) is 0 Å². The molecular formula is C44H40FN6NaO2S. The summed E-state index contributed by atoms with van der Waals surface area (Å²) in [4.78, 5) is 17.8. The van der Waals surface area contributed by atoms with Crippen LogP contribution < -0.4 is 44.9 Å². The monoisotopic (exact) mass is 759 g/mol. The van der Waals surface area contributed by atoms with Crippen LogP contribution in [0, 0.1) is 0 Å². The molecule has 0 atom stereocenters. The number of phenolic OH excluding ortho intramolecular Hbond substituents is 1. The van der Waals surface area contributed by atoms with Crippen molar-refractivity contribution in [3.05, 3.63) is 158 Å². The molecule has 0 radical (unpaired) electrons. The van der Waals surface area contributed by atoms with Crippen LogP contribution in [0.2, 0.25) is 0 Å². The van der Waals surface area contributed by atoms with Gasteiger partial charge in [-0.1, -0.05) is 104 Å². The molecule has 8 rings (SSSR count). The van der Waals surface area contributed by atoms with E-state index in [0.29, 0.717) is 17.4 Å². The molecule has 0 saturated heterocycles. The summed E-state index contributed by atoms with van der Waals surface area (Å²) in [6.07, 6.45) is 3.54. The van der Waals surface area contributed by atoms with Crippen LogP contribution in [0.5, 0.6) is 11.5 Å². The van der Waals surface area contributed by atoms with Crippen LogP contribution in [0.3, 0.4) is 0 Å². The van der Waals surface area contributed by atoms with Gasteiger partial charge in [0.05, 0.1) is 15.6 Å². The summed E-state index contributed by atoms with van der Waals surface area (Å²) in [5, 5.41) is 18.5. The predicted octanol–water partition coefficient (Wildman–Crippen LogP) is 7.94. The number of hydrogen-bond acceptors (Lipinski definition) is 9. The number of methoxy groups -OCH3 is 1. The number of alkyl halides is 1. The first-order valence-corrected chi connectivity index (χ1v) is 17.6. The van der Waals surface area contributed by atoms with E-state index < -0.39 is 7.15 Å². The average Bonchev–Trinajstić information content (AvgIpc) is 3.23. The summed E-state index contributed by atoms with van der Waals surface area (Å²) in [7, 11) is 0.663. The SMILES string of the molecule is CC[S-].COc1cc(-c2ccccc2)cc2cnc(Nc3ccccc3)nc12.Oc1cc(-c2ccccc2)cc2cnc(Nc3ccccc3)nc12.[2H]CF.[Na+]. The summed E-state index contributed by atoms with van der Waals surface area (Å²) in [6, 6.07) is 47.5. The molecule has 0 spiro atoms. The molecule has 6 aromatic carbocycles. The van der Waals surface area contributed by atoms with Crippen molar-refractivity contribution in [3.8, 4) is 33.8 Å². The largest absolute Gasteiger partial charge is 1.00 e. The molecule has 0 aliphatic carbocycles. The van der Waals surface area contributed by atoms with Gasteiger partial charge in [0.2, 0.25) is 11.9 Å². The molecule has 2 aromatic heterocycles. The van der Waals surface area contributed by atoms with Gasteiger partial charge in [-0.25, -0.2) is 19.9 Å². The molecule has 3 N–H and O–H groups in total. The van der Waals surface area contributed by atoms with Crippen molar-refractivity contribution < 1.29 is 45.2 Å². The van der Waals surface area contributed by atoms with Gasteiger partial charge >= 0.3 is 29.6 Å². The van der Waals surface area contributed by atoms with E-state index in [1.165, 1.54) is 0 Å². The number of ether oxygens (including phenoxy) is 1. The number of rotatable bonds is 7.